The van der Waals surface area contributed by atoms with Crippen molar-refractivity contribution in [2.45, 2.75) is 24.3 Å². The molecule has 0 heterocycles. The van der Waals surface area contributed by atoms with Gasteiger partial charge in [0.1, 0.15) is 4.90 Å². The number of hydrogen-bond donors (Lipinski definition) is 1. The minimum Gasteiger partial charge on any atom is -0.207 e. The van der Waals surface area contributed by atoms with Gasteiger partial charge in [0.2, 0.25) is 10.0 Å². The maximum Gasteiger partial charge on any atom is 0.243 e. The van der Waals surface area contributed by atoms with Gasteiger partial charge in [0.15, 0.2) is 0 Å². The van der Waals surface area contributed by atoms with Crippen LogP contribution in [0.5, 0.6) is 0 Å². The molecule has 1 N–H and O–H groups in total. The summed E-state index contributed by atoms with van der Waals surface area (Å²) in [6.07, 6.45) is 0.0605. The zero-order chi connectivity index (χ0) is 13.9. The Kier molecular flexibility index (Phi) is 5.44. The van der Waals surface area contributed by atoms with E-state index in [0.29, 0.717) is 4.47 Å². The first kappa shape index (κ1) is 15.7. The van der Waals surface area contributed by atoms with Gasteiger partial charge in [-0.3, -0.25) is 0 Å². The third-order valence-electron chi connectivity index (χ3n) is 1.99. The first-order valence-corrected chi connectivity index (χ1v) is 7.85. The molecule has 8 heteroatoms. The van der Waals surface area contributed by atoms with Crippen molar-refractivity contribution in [2.24, 2.45) is 0 Å². The van der Waals surface area contributed by atoms with Gasteiger partial charge in [-0.2, -0.15) is 5.26 Å². The molecule has 1 aromatic carbocycles. The summed E-state index contributed by atoms with van der Waals surface area (Å²) in [4.78, 5) is -0.182. The Labute approximate surface area is 124 Å². The lowest BCUT2D eigenvalue weighted by atomic mass is 10.3. The second-order valence-electron chi connectivity index (χ2n) is 3.58. The summed E-state index contributed by atoms with van der Waals surface area (Å²) in [7, 11) is -3.85. The van der Waals surface area contributed by atoms with Crippen LogP contribution in [0.15, 0.2) is 21.5 Å². The summed E-state index contributed by atoms with van der Waals surface area (Å²) in [5.74, 6) is 0. The molecule has 98 valence electrons. The Morgan fingerprint density at radius 3 is 2.39 bits per heavy atom. The molecule has 0 saturated carbocycles. The van der Waals surface area contributed by atoms with Crippen LogP contribution < -0.4 is 4.72 Å². The normalized spacial score (nSPS) is 13.1. The largest absolute Gasteiger partial charge is 0.243 e. The molecular weight excluding hydrogens is 363 g/mol. The summed E-state index contributed by atoms with van der Waals surface area (Å²) in [6.45, 7) is 1.58. The Morgan fingerprint density at radius 1 is 1.44 bits per heavy atom. The van der Waals surface area contributed by atoms with E-state index >= 15 is 0 Å². The minimum atomic E-state index is -3.85. The number of nitrogens with one attached hydrogen (secondary N) is 1. The Balaban J connectivity index is 3.18. The van der Waals surface area contributed by atoms with Crippen LogP contribution in [0.4, 0.5) is 0 Å². The Bertz CT molecular complexity index is 575. The van der Waals surface area contributed by atoms with Gasteiger partial charge in [0, 0.05) is 10.5 Å². The first-order chi connectivity index (χ1) is 8.27. The average Bonchev–Trinajstić information content (AvgIpc) is 2.13. The molecular formula is C10H9BrCl2N2O2S. The first-order valence-electron chi connectivity index (χ1n) is 4.81. The number of nitriles is 1. The maximum atomic E-state index is 12.1. The second-order valence-corrected chi connectivity index (χ2v) is 6.96. The molecule has 4 nitrogen and oxygen atoms in total. The summed E-state index contributed by atoms with van der Waals surface area (Å²) < 4.78 is 27.1. The molecule has 0 spiro atoms. The third kappa shape index (κ3) is 3.84. The van der Waals surface area contributed by atoms with Gasteiger partial charge < -0.3 is 0 Å². The molecule has 0 bridgehead atoms. The van der Waals surface area contributed by atoms with Crippen molar-refractivity contribution in [3.05, 3.63) is 26.7 Å². The van der Waals surface area contributed by atoms with Crippen LogP contribution >= 0.6 is 39.1 Å². The molecule has 0 aliphatic carbocycles. The van der Waals surface area contributed by atoms with E-state index in [-0.39, 0.29) is 21.4 Å². The lowest BCUT2D eigenvalue weighted by Gasteiger charge is -2.13. The van der Waals surface area contributed by atoms with Crippen LogP contribution in [0.2, 0.25) is 10.0 Å². The molecule has 1 rings (SSSR count). The van der Waals surface area contributed by atoms with Crippen molar-refractivity contribution in [1.29, 1.82) is 5.26 Å². The lowest BCUT2D eigenvalue weighted by Crippen LogP contribution is -2.32. The predicted octanol–water partition coefficient (Wildman–Crippen LogP) is 3.34. The van der Waals surface area contributed by atoms with Gasteiger partial charge in [-0.05, 0) is 19.1 Å². The number of nitrogens with zero attached hydrogens (tertiary/aromatic N) is 1. The Hall–Kier alpha value is -0.320. The van der Waals surface area contributed by atoms with Crippen LogP contribution in [-0.2, 0) is 10.0 Å². The van der Waals surface area contributed by atoms with E-state index in [1.165, 1.54) is 12.1 Å². The third-order valence-corrected chi connectivity index (χ3v) is 4.95. The van der Waals surface area contributed by atoms with Crippen LogP contribution in [-0.4, -0.2) is 14.5 Å². The van der Waals surface area contributed by atoms with Crippen molar-refractivity contribution < 1.29 is 8.42 Å². The molecule has 0 aliphatic rings. The molecule has 0 aliphatic heterocycles. The zero-order valence-corrected chi connectivity index (χ0v) is 13.2. The fourth-order valence-corrected chi connectivity index (χ4v) is 4.47. The zero-order valence-electron chi connectivity index (χ0n) is 9.25. The number of hydrogen-bond acceptors (Lipinski definition) is 3. The monoisotopic (exact) mass is 370 g/mol. The standard InChI is InChI=1S/C10H9BrCl2N2O2S/c1-6(2-3-14)15-18(16,17)10-8(12)4-7(11)5-9(10)13/h4-6,15H,2H2,1H3/t6-/m1/s1. The van der Waals surface area contributed by atoms with Gasteiger partial charge in [0.05, 0.1) is 22.5 Å². The number of sulfonamides is 1. The van der Waals surface area contributed by atoms with E-state index in [2.05, 4.69) is 20.7 Å². The highest BCUT2D eigenvalue weighted by molar-refractivity contribution is 9.10. The quantitative estimate of drug-likeness (QED) is 0.882. The van der Waals surface area contributed by atoms with Crippen LogP contribution in [0, 0.1) is 11.3 Å². The van der Waals surface area contributed by atoms with E-state index in [1.54, 1.807) is 6.92 Å². The summed E-state index contributed by atoms with van der Waals surface area (Å²) in [5, 5.41) is 8.55. The highest BCUT2D eigenvalue weighted by atomic mass is 79.9. The number of halogens is 3. The number of benzene rings is 1. The highest BCUT2D eigenvalue weighted by Crippen LogP contribution is 2.32. The van der Waals surface area contributed by atoms with Crippen molar-refractivity contribution in [3.8, 4) is 6.07 Å². The topological polar surface area (TPSA) is 70.0 Å². The van der Waals surface area contributed by atoms with Gasteiger partial charge in [-0.15, -0.1) is 0 Å². The molecule has 0 aromatic heterocycles. The van der Waals surface area contributed by atoms with Crippen molar-refractivity contribution in [1.82, 2.24) is 4.72 Å². The van der Waals surface area contributed by atoms with Gasteiger partial charge in [-0.25, -0.2) is 13.1 Å². The maximum absolute atomic E-state index is 12.1. The molecule has 0 unspecified atom stereocenters. The summed E-state index contributed by atoms with van der Waals surface area (Å²) >= 11 is 14.9. The van der Waals surface area contributed by atoms with E-state index in [4.69, 9.17) is 28.5 Å². The molecule has 1 aromatic rings. The van der Waals surface area contributed by atoms with Crippen molar-refractivity contribution in [3.63, 3.8) is 0 Å². The summed E-state index contributed by atoms with van der Waals surface area (Å²) in [6, 6.07) is 4.24. The SMILES string of the molecule is C[C@H](CC#N)NS(=O)(=O)c1c(Cl)cc(Br)cc1Cl. The van der Waals surface area contributed by atoms with Gasteiger partial charge in [0.25, 0.3) is 0 Å². The minimum absolute atomic E-state index is 0.0195. The Morgan fingerprint density at radius 2 is 1.94 bits per heavy atom. The molecule has 0 amide bonds. The molecule has 0 saturated heterocycles. The van der Waals surface area contributed by atoms with Crippen molar-refractivity contribution in [2.75, 3.05) is 0 Å². The van der Waals surface area contributed by atoms with Crippen LogP contribution in [0.25, 0.3) is 0 Å². The highest BCUT2D eigenvalue weighted by Gasteiger charge is 2.24. The van der Waals surface area contributed by atoms with Crippen molar-refractivity contribution >= 4 is 49.2 Å². The van der Waals surface area contributed by atoms with E-state index < -0.39 is 16.1 Å². The predicted molar refractivity (Wildman–Crippen MR) is 74.2 cm³/mol. The lowest BCUT2D eigenvalue weighted by molar-refractivity contribution is 0.563. The molecule has 0 radical (unpaired) electrons. The van der Waals surface area contributed by atoms with E-state index in [1.807, 2.05) is 6.07 Å². The molecule has 1 atom stereocenters. The van der Waals surface area contributed by atoms with Gasteiger partial charge in [-0.1, -0.05) is 39.1 Å². The summed E-state index contributed by atoms with van der Waals surface area (Å²) in [5.41, 5.74) is 0. The smallest absolute Gasteiger partial charge is 0.207 e. The fraction of sp³-hybridized carbons (Fsp3) is 0.300. The second kappa shape index (κ2) is 6.22. The number of rotatable bonds is 4. The fourth-order valence-electron chi connectivity index (χ4n) is 1.29. The van der Waals surface area contributed by atoms with Crippen LogP contribution in [0.3, 0.4) is 0 Å². The average molecular weight is 372 g/mol. The van der Waals surface area contributed by atoms with Gasteiger partial charge >= 0.3 is 0 Å². The van der Waals surface area contributed by atoms with E-state index in [9.17, 15) is 8.42 Å². The van der Waals surface area contributed by atoms with Crippen LogP contribution in [0.1, 0.15) is 13.3 Å². The molecule has 0 fully saturated rings. The molecule has 18 heavy (non-hydrogen) atoms. The van der Waals surface area contributed by atoms with E-state index in [0.717, 1.165) is 0 Å².